The van der Waals surface area contributed by atoms with Crippen molar-refractivity contribution in [3.05, 3.63) is 65.2 Å². The highest BCUT2D eigenvalue weighted by Crippen LogP contribution is 2.12. The molecule has 0 aliphatic heterocycles. The summed E-state index contributed by atoms with van der Waals surface area (Å²) >= 11 is 0. The van der Waals surface area contributed by atoms with Crippen LogP contribution in [0.3, 0.4) is 0 Å². The van der Waals surface area contributed by atoms with Gasteiger partial charge in [-0.2, -0.15) is 5.26 Å². The number of benzene rings is 2. The van der Waals surface area contributed by atoms with Gasteiger partial charge in [-0.1, -0.05) is 24.3 Å². The predicted octanol–water partition coefficient (Wildman–Crippen LogP) is 1.97. The van der Waals surface area contributed by atoms with Gasteiger partial charge >= 0.3 is 5.97 Å². The van der Waals surface area contributed by atoms with Crippen LogP contribution in [0.1, 0.15) is 21.5 Å². The van der Waals surface area contributed by atoms with Crippen molar-refractivity contribution < 1.29 is 18.3 Å². The molecule has 2 N–H and O–H groups in total. The van der Waals surface area contributed by atoms with Gasteiger partial charge in [-0.25, -0.2) is 17.9 Å². The number of hydrogen-bond acceptors (Lipinski definition) is 4. The molecular weight excluding hydrogens is 328 g/mol. The first kappa shape index (κ1) is 17.7. The Balaban J connectivity index is 2.03. The fourth-order valence-corrected chi connectivity index (χ4v) is 3.29. The Bertz CT molecular complexity index is 885. The van der Waals surface area contributed by atoms with E-state index in [4.69, 9.17) is 10.4 Å². The highest BCUT2D eigenvalue weighted by atomic mass is 32.2. The second kappa shape index (κ2) is 7.73. The Kier molecular flexibility index (Phi) is 5.68. The van der Waals surface area contributed by atoms with Crippen LogP contribution < -0.4 is 4.72 Å². The van der Waals surface area contributed by atoms with E-state index < -0.39 is 16.0 Å². The first-order valence-corrected chi connectivity index (χ1v) is 8.68. The largest absolute Gasteiger partial charge is 0.478 e. The van der Waals surface area contributed by atoms with Gasteiger partial charge in [0.2, 0.25) is 10.0 Å². The van der Waals surface area contributed by atoms with Crippen molar-refractivity contribution in [2.24, 2.45) is 0 Å². The molecule has 0 amide bonds. The molecule has 0 saturated carbocycles. The van der Waals surface area contributed by atoms with E-state index in [9.17, 15) is 13.2 Å². The zero-order valence-corrected chi connectivity index (χ0v) is 13.6. The number of nitrogens with zero attached hydrogens (tertiary/aromatic N) is 1. The molecule has 0 unspecified atom stereocenters. The van der Waals surface area contributed by atoms with E-state index in [1.807, 2.05) is 6.07 Å². The van der Waals surface area contributed by atoms with Gasteiger partial charge in [-0.15, -0.1) is 0 Å². The first-order valence-electron chi connectivity index (χ1n) is 7.20. The van der Waals surface area contributed by atoms with Gasteiger partial charge in [0.15, 0.2) is 0 Å². The molecule has 0 aliphatic rings. The van der Waals surface area contributed by atoms with Crippen LogP contribution in [-0.2, 0) is 22.9 Å². The number of hydrogen-bond donors (Lipinski definition) is 2. The van der Waals surface area contributed by atoms with E-state index in [1.54, 1.807) is 24.3 Å². The van der Waals surface area contributed by atoms with Gasteiger partial charge in [-0.3, -0.25) is 0 Å². The lowest BCUT2D eigenvalue weighted by atomic mass is 10.1. The van der Waals surface area contributed by atoms with Crippen LogP contribution in [-0.4, -0.2) is 26.0 Å². The molecule has 0 fully saturated rings. The van der Waals surface area contributed by atoms with Crippen LogP contribution in [0.2, 0.25) is 0 Å². The summed E-state index contributed by atoms with van der Waals surface area (Å²) in [5.74, 6) is -1.02. The van der Waals surface area contributed by atoms with E-state index in [-0.39, 0.29) is 23.4 Å². The normalized spacial score (nSPS) is 11.0. The van der Waals surface area contributed by atoms with Gasteiger partial charge in [0, 0.05) is 6.54 Å². The molecular formula is C17H16N2O4S. The van der Waals surface area contributed by atoms with E-state index >= 15 is 0 Å². The second-order valence-corrected chi connectivity index (χ2v) is 6.90. The third-order valence-corrected chi connectivity index (χ3v) is 4.83. The zero-order valence-electron chi connectivity index (χ0n) is 12.8. The Morgan fingerprint density at radius 3 is 2.54 bits per heavy atom. The minimum absolute atomic E-state index is 0.106. The lowest BCUT2D eigenvalue weighted by Crippen LogP contribution is -2.26. The predicted molar refractivity (Wildman–Crippen MR) is 88.1 cm³/mol. The lowest BCUT2D eigenvalue weighted by molar-refractivity contribution is 0.0696. The summed E-state index contributed by atoms with van der Waals surface area (Å²) in [6.45, 7) is 0.147. The van der Waals surface area contributed by atoms with Crippen molar-refractivity contribution in [1.82, 2.24) is 4.72 Å². The van der Waals surface area contributed by atoms with Crippen molar-refractivity contribution in [2.75, 3.05) is 6.54 Å². The highest BCUT2D eigenvalue weighted by molar-refractivity contribution is 7.89. The summed E-state index contributed by atoms with van der Waals surface area (Å²) in [5, 5.41) is 17.6. The van der Waals surface area contributed by atoms with Crippen molar-refractivity contribution >= 4 is 16.0 Å². The van der Waals surface area contributed by atoms with Gasteiger partial charge in [0.05, 0.1) is 22.9 Å². The lowest BCUT2D eigenvalue weighted by Gasteiger charge is -2.08. The maximum Gasteiger partial charge on any atom is 0.335 e. The smallest absolute Gasteiger partial charge is 0.335 e. The average Bonchev–Trinajstić information content (AvgIpc) is 2.55. The number of carbonyl (C=O) groups is 1. The molecule has 24 heavy (non-hydrogen) atoms. The molecule has 6 nitrogen and oxygen atoms in total. The van der Waals surface area contributed by atoms with Crippen molar-refractivity contribution in [3.63, 3.8) is 0 Å². The molecule has 2 aromatic rings. The third-order valence-electron chi connectivity index (χ3n) is 3.37. The van der Waals surface area contributed by atoms with Crippen LogP contribution in [0.25, 0.3) is 0 Å². The number of sulfonamides is 1. The Morgan fingerprint density at radius 1 is 1.12 bits per heavy atom. The van der Waals surface area contributed by atoms with Crippen LogP contribution in [0.5, 0.6) is 0 Å². The molecule has 0 saturated heterocycles. The number of aromatic carboxylic acids is 1. The second-order valence-electron chi connectivity index (χ2n) is 5.14. The zero-order chi connectivity index (χ0) is 17.6. The number of carboxylic acids is 1. The minimum Gasteiger partial charge on any atom is -0.478 e. The summed E-state index contributed by atoms with van der Waals surface area (Å²) in [7, 11) is -3.67. The van der Waals surface area contributed by atoms with Crippen molar-refractivity contribution in [2.45, 2.75) is 17.7 Å². The monoisotopic (exact) mass is 344 g/mol. The fourth-order valence-electron chi connectivity index (χ4n) is 2.19. The van der Waals surface area contributed by atoms with Gasteiger partial charge in [0.25, 0.3) is 0 Å². The number of nitriles is 1. The molecule has 2 rings (SSSR count). The molecule has 7 heteroatoms. The molecule has 0 spiro atoms. The number of rotatable bonds is 7. The SMILES string of the molecule is N#CCc1cccc(S(=O)(=O)NCCc2cccc(C(=O)O)c2)c1. The summed E-state index contributed by atoms with van der Waals surface area (Å²) in [5.41, 5.74) is 1.53. The molecule has 0 atom stereocenters. The Morgan fingerprint density at radius 2 is 1.83 bits per heavy atom. The first-order chi connectivity index (χ1) is 11.4. The number of nitrogens with one attached hydrogen (secondary N) is 1. The van der Waals surface area contributed by atoms with E-state index in [0.717, 1.165) is 5.56 Å². The standard InChI is InChI=1S/C17H16N2O4S/c18-9-7-13-4-2-6-16(12-13)24(22,23)19-10-8-14-3-1-5-15(11-14)17(20)21/h1-6,11-12,19H,7-8,10H2,(H,20,21). The van der Waals surface area contributed by atoms with Gasteiger partial charge in [0.1, 0.15) is 0 Å². The topological polar surface area (TPSA) is 107 Å². The van der Waals surface area contributed by atoms with Crippen LogP contribution in [0.4, 0.5) is 0 Å². The Hall–Kier alpha value is -2.69. The van der Waals surface area contributed by atoms with E-state index in [1.165, 1.54) is 24.3 Å². The average molecular weight is 344 g/mol. The maximum absolute atomic E-state index is 12.3. The number of carboxylic acid groups (broad SMARTS) is 1. The summed E-state index contributed by atoms with van der Waals surface area (Å²) in [6.07, 6.45) is 0.517. The molecule has 0 bridgehead atoms. The molecule has 0 radical (unpaired) electrons. The minimum atomic E-state index is -3.67. The highest BCUT2D eigenvalue weighted by Gasteiger charge is 2.14. The van der Waals surface area contributed by atoms with Crippen molar-refractivity contribution in [3.8, 4) is 6.07 Å². The molecule has 0 aliphatic carbocycles. The third kappa shape index (κ3) is 4.65. The Labute approximate surface area is 140 Å². The molecule has 0 aromatic heterocycles. The van der Waals surface area contributed by atoms with Crippen molar-refractivity contribution in [1.29, 1.82) is 5.26 Å². The summed E-state index contributed by atoms with van der Waals surface area (Å²) in [4.78, 5) is 11.0. The summed E-state index contributed by atoms with van der Waals surface area (Å²) < 4.78 is 27.0. The quantitative estimate of drug-likeness (QED) is 0.798. The van der Waals surface area contributed by atoms with E-state index in [2.05, 4.69) is 4.72 Å². The fraction of sp³-hybridized carbons (Fsp3) is 0.176. The maximum atomic E-state index is 12.3. The van der Waals surface area contributed by atoms with Crippen LogP contribution in [0.15, 0.2) is 53.4 Å². The van der Waals surface area contributed by atoms with E-state index in [0.29, 0.717) is 12.0 Å². The molecule has 124 valence electrons. The summed E-state index contributed by atoms with van der Waals surface area (Å²) in [6, 6.07) is 14.6. The molecule has 0 heterocycles. The molecule has 2 aromatic carbocycles. The van der Waals surface area contributed by atoms with Crippen LogP contribution >= 0.6 is 0 Å². The van der Waals surface area contributed by atoms with Crippen LogP contribution in [0, 0.1) is 11.3 Å². The van der Waals surface area contributed by atoms with Gasteiger partial charge < -0.3 is 5.11 Å². The van der Waals surface area contributed by atoms with Gasteiger partial charge in [-0.05, 0) is 41.8 Å².